The van der Waals surface area contributed by atoms with E-state index in [2.05, 4.69) is 0 Å². The van der Waals surface area contributed by atoms with Gasteiger partial charge in [0.25, 0.3) is 0 Å². The number of ether oxygens (including phenoxy) is 3. The molecule has 0 atom stereocenters. The molecule has 0 radical (unpaired) electrons. The number of methoxy groups -OCH3 is 3. The third-order valence-corrected chi connectivity index (χ3v) is 3.06. The van der Waals surface area contributed by atoms with Crippen LogP contribution in [0.4, 0.5) is 0 Å². The van der Waals surface area contributed by atoms with Crippen LogP contribution in [0.15, 0.2) is 18.2 Å². The summed E-state index contributed by atoms with van der Waals surface area (Å²) in [6, 6.07) is 5.76. The van der Waals surface area contributed by atoms with Gasteiger partial charge in [-0.2, -0.15) is 0 Å². The van der Waals surface area contributed by atoms with E-state index < -0.39 is 5.79 Å². The van der Waals surface area contributed by atoms with Gasteiger partial charge >= 0.3 is 0 Å². The first-order valence-corrected chi connectivity index (χ1v) is 5.65. The molecule has 0 unspecified atom stereocenters. The normalized spacial score (nSPS) is 11.6. The molecule has 2 N–H and O–H groups in total. The van der Waals surface area contributed by atoms with E-state index in [0.717, 1.165) is 16.9 Å². The molecule has 1 rings (SSSR count). The molecule has 0 aromatic heterocycles. The molecule has 0 aliphatic heterocycles. The van der Waals surface area contributed by atoms with Crippen LogP contribution in [0, 0.1) is 0 Å². The maximum Gasteiger partial charge on any atom is 0.197 e. The Bertz CT molecular complexity index is 331. The van der Waals surface area contributed by atoms with E-state index in [1.807, 2.05) is 25.1 Å². The smallest absolute Gasteiger partial charge is 0.197 e. The highest BCUT2D eigenvalue weighted by Crippen LogP contribution is 2.38. The van der Waals surface area contributed by atoms with Crippen molar-refractivity contribution in [2.24, 2.45) is 5.73 Å². The predicted octanol–water partition coefficient (Wildman–Crippen LogP) is 2.01. The monoisotopic (exact) mass is 239 g/mol. The zero-order valence-electron chi connectivity index (χ0n) is 10.9. The summed E-state index contributed by atoms with van der Waals surface area (Å²) >= 11 is 0. The standard InChI is InChI=1S/C13H21NO3/c1-5-13(16-3,17-4)12-10(9-14)7-6-8-11(12)15-2/h6-8H,5,9,14H2,1-4H3. The lowest BCUT2D eigenvalue weighted by Gasteiger charge is -2.33. The van der Waals surface area contributed by atoms with Crippen LogP contribution >= 0.6 is 0 Å². The highest BCUT2D eigenvalue weighted by molar-refractivity contribution is 5.43. The van der Waals surface area contributed by atoms with Crippen molar-refractivity contribution in [1.82, 2.24) is 0 Å². The van der Waals surface area contributed by atoms with Crippen LogP contribution < -0.4 is 10.5 Å². The number of hydrogen-bond donors (Lipinski definition) is 1. The topological polar surface area (TPSA) is 53.7 Å². The van der Waals surface area contributed by atoms with Gasteiger partial charge in [-0.05, 0) is 11.6 Å². The van der Waals surface area contributed by atoms with Gasteiger partial charge in [0.05, 0.1) is 12.7 Å². The molecule has 0 aliphatic carbocycles. The van der Waals surface area contributed by atoms with Crippen LogP contribution in [0.1, 0.15) is 24.5 Å². The van der Waals surface area contributed by atoms with Crippen molar-refractivity contribution in [2.45, 2.75) is 25.7 Å². The molecule has 0 spiro atoms. The van der Waals surface area contributed by atoms with Gasteiger partial charge in [-0.1, -0.05) is 19.1 Å². The minimum atomic E-state index is -0.804. The maximum atomic E-state index is 5.77. The lowest BCUT2D eigenvalue weighted by Crippen LogP contribution is -2.32. The average molecular weight is 239 g/mol. The Labute approximate surface area is 103 Å². The van der Waals surface area contributed by atoms with Crippen molar-refractivity contribution < 1.29 is 14.2 Å². The summed E-state index contributed by atoms with van der Waals surface area (Å²) in [5, 5.41) is 0. The fraction of sp³-hybridized carbons (Fsp3) is 0.538. The maximum absolute atomic E-state index is 5.77. The number of hydrogen-bond acceptors (Lipinski definition) is 4. The van der Waals surface area contributed by atoms with Gasteiger partial charge in [0, 0.05) is 27.2 Å². The Morgan fingerprint density at radius 3 is 2.24 bits per heavy atom. The Morgan fingerprint density at radius 2 is 1.82 bits per heavy atom. The first-order chi connectivity index (χ1) is 8.18. The van der Waals surface area contributed by atoms with E-state index in [0.29, 0.717) is 13.0 Å². The van der Waals surface area contributed by atoms with E-state index in [-0.39, 0.29) is 0 Å². The SMILES string of the molecule is CCC(OC)(OC)c1c(CN)cccc1OC. The van der Waals surface area contributed by atoms with E-state index in [1.54, 1.807) is 21.3 Å². The fourth-order valence-electron chi connectivity index (χ4n) is 2.10. The molecule has 0 saturated carbocycles. The second-order valence-electron chi connectivity index (χ2n) is 3.71. The van der Waals surface area contributed by atoms with E-state index in [1.165, 1.54) is 0 Å². The van der Waals surface area contributed by atoms with Crippen molar-refractivity contribution in [3.8, 4) is 5.75 Å². The van der Waals surface area contributed by atoms with Crippen LogP contribution in [0.3, 0.4) is 0 Å². The number of nitrogens with two attached hydrogens (primary N) is 1. The predicted molar refractivity (Wildman–Crippen MR) is 66.9 cm³/mol. The van der Waals surface area contributed by atoms with E-state index in [4.69, 9.17) is 19.9 Å². The Balaban J connectivity index is 3.43. The quantitative estimate of drug-likeness (QED) is 0.771. The molecule has 4 nitrogen and oxygen atoms in total. The van der Waals surface area contributed by atoms with Gasteiger partial charge in [-0.3, -0.25) is 0 Å². The zero-order chi connectivity index (χ0) is 12.9. The van der Waals surface area contributed by atoms with Crippen molar-refractivity contribution in [3.05, 3.63) is 29.3 Å². The minimum absolute atomic E-state index is 0.418. The molecule has 0 aliphatic rings. The molecule has 17 heavy (non-hydrogen) atoms. The second kappa shape index (κ2) is 6.00. The summed E-state index contributed by atoms with van der Waals surface area (Å²) < 4.78 is 16.5. The van der Waals surface area contributed by atoms with Gasteiger partial charge in [-0.25, -0.2) is 0 Å². The molecule has 1 aromatic carbocycles. The molecular formula is C13H21NO3. The molecule has 0 heterocycles. The number of rotatable bonds is 6. The Morgan fingerprint density at radius 1 is 1.18 bits per heavy atom. The first-order valence-electron chi connectivity index (χ1n) is 5.65. The zero-order valence-corrected chi connectivity index (χ0v) is 10.9. The highest BCUT2D eigenvalue weighted by Gasteiger charge is 2.35. The van der Waals surface area contributed by atoms with Crippen LogP contribution in [0.25, 0.3) is 0 Å². The van der Waals surface area contributed by atoms with Gasteiger partial charge in [0.15, 0.2) is 5.79 Å². The molecular weight excluding hydrogens is 218 g/mol. The molecule has 0 fully saturated rings. The van der Waals surface area contributed by atoms with Gasteiger partial charge in [0.2, 0.25) is 0 Å². The third-order valence-electron chi connectivity index (χ3n) is 3.06. The molecule has 96 valence electrons. The number of benzene rings is 1. The van der Waals surface area contributed by atoms with Gasteiger partial charge < -0.3 is 19.9 Å². The largest absolute Gasteiger partial charge is 0.496 e. The van der Waals surface area contributed by atoms with Crippen molar-refractivity contribution in [2.75, 3.05) is 21.3 Å². The van der Waals surface area contributed by atoms with Crippen LogP contribution in [-0.2, 0) is 21.8 Å². The Kier molecular flexibility index (Phi) is 4.93. The Hall–Kier alpha value is -1.10. The van der Waals surface area contributed by atoms with Crippen LogP contribution in [0.5, 0.6) is 5.75 Å². The summed E-state index contributed by atoms with van der Waals surface area (Å²) in [6.07, 6.45) is 0.674. The van der Waals surface area contributed by atoms with Crippen LogP contribution in [0.2, 0.25) is 0 Å². The van der Waals surface area contributed by atoms with Crippen molar-refractivity contribution in [3.63, 3.8) is 0 Å². The molecule has 1 aromatic rings. The second-order valence-corrected chi connectivity index (χ2v) is 3.71. The molecule has 0 bridgehead atoms. The highest BCUT2D eigenvalue weighted by atomic mass is 16.7. The molecule has 0 saturated heterocycles. The molecule has 4 heteroatoms. The van der Waals surface area contributed by atoms with Crippen molar-refractivity contribution in [1.29, 1.82) is 0 Å². The first kappa shape index (κ1) is 14.0. The third kappa shape index (κ3) is 2.44. The fourth-order valence-corrected chi connectivity index (χ4v) is 2.10. The molecule has 0 amide bonds. The minimum Gasteiger partial charge on any atom is -0.496 e. The van der Waals surface area contributed by atoms with Crippen LogP contribution in [-0.4, -0.2) is 21.3 Å². The summed E-state index contributed by atoms with van der Waals surface area (Å²) in [5.74, 6) is -0.0695. The summed E-state index contributed by atoms with van der Waals surface area (Å²) in [5.41, 5.74) is 7.61. The van der Waals surface area contributed by atoms with E-state index >= 15 is 0 Å². The summed E-state index contributed by atoms with van der Waals surface area (Å²) in [7, 11) is 4.88. The van der Waals surface area contributed by atoms with Crippen molar-refractivity contribution >= 4 is 0 Å². The lowest BCUT2D eigenvalue weighted by atomic mass is 9.95. The summed E-state index contributed by atoms with van der Waals surface area (Å²) in [4.78, 5) is 0. The average Bonchev–Trinajstić information content (AvgIpc) is 2.41. The summed E-state index contributed by atoms with van der Waals surface area (Å²) in [6.45, 7) is 2.42. The van der Waals surface area contributed by atoms with Gasteiger partial charge in [-0.15, -0.1) is 0 Å². The van der Waals surface area contributed by atoms with E-state index in [9.17, 15) is 0 Å². The lowest BCUT2D eigenvalue weighted by molar-refractivity contribution is -0.218. The van der Waals surface area contributed by atoms with Gasteiger partial charge in [0.1, 0.15) is 5.75 Å².